The Labute approximate surface area is 108 Å². The lowest BCUT2D eigenvalue weighted by atomic mass is 9.98. The Morgan fingerprint density at radius 2 is 2.39 bits per heavy atom. The Hall–Kier alpha value is -1.29. The predicted molar refractivity (Wildman–Crippen MR) is 68.2 cm³/mol. The average Bonchev–Trinajstić information content (AvgIpc) is 2.82. The molecule has 0 radical (unpaired) electrons. The molecule has 100 valence electrons. The van der Waals surface area contributed by atoms with Gasteiger partial charge >= 0.3 is 0 Å². The minimum atomic E-state index is 0.169. The minimum absolute atomic E-state index is 0.169. The highest BCUT2D eigenvalue weighted by atomic mass is 16.3. The molecule has 1 aromatic rings. The molecular formula is C14H21NO3. The van der Waals surface area contributed by atoms with Gasteiger partial charge in [0.2, 0.25) is 5.91 Å². The van der Waals surface area contributed by atoms with Crippen molar-refractivity contribution in [3.63, 3.8) is 0 Å². The number of hydrogen-bond donors (Lipinski definition) is 1. The molecule has 1 aliphatic heterocycles. The molecular weight excluding hydrogens is 230 g/mol. The third-order valence-electron chi connectivity index (χ3n) is 3.51. The summed E-state index contributed by atoms with van der Waals surface area (Å²) >= 11 is 0. The number of aliphatic hydroxyl groups excluding tert-OH is 1. The van der Waals surface area contributed by atoms with E-state index in [1.807, 2.05) is 24.0 Å². The molecule has 18 heavy (non-hydrogen) atoms. The van der Waals surface area contributed by atoms with Crippen LogP contribution in [0.4, 0.5) is 0 Å². The third kappa shape index (κ3) is 3.35. The van der Waals surface area contributed by atoms with Crippen LogP contribution >= 0.6 is 0 Å². The molecule has 0 bridgehead atoms. The van der Waals surface area contributed by atoms with Crippen LogP contribution in [0.3, 0.4) is 0 Å². The molecule has 1 aliphatic rings. The van der Waals surface area contributed by atoms with Gasteiger partial charge in [0.15, 0.2) is 0 Å². The molecule has 1 fully saturated rings. The molecule has 1 saturated heterocycles. The first-order valence-electron chi connectivity index (χ1n) is 6.63. The Bertz CT molecular complexity index is 399. The molecule has 0 aromatic carbocycles. The highest BCUT2D eigenvalue weighted by Gasteiger charge is 2.22. The number of furan rings is 1. The number of likely N-dealkylation sites (tertiary alicyclic amines) is 1. The van der Waals surface area contributed by atoms with Crippen LogP contribution in [0.1, 0.15) is 30.8 Å². The number of hydrogen-bond acceptors (Lipinski definition) is 3. The lowest BCUT2D eigenvalue weighted by Crippen LogP contribution is -2.41. The average molecular weight is 251 g/mol. The second kappa shape index (κ2) is 6.05. The maximum atomic E-state index is 12.0. The summed E-state index contributed by atoms with van der Waals surface area (Å²) in [5, 5.41) is 9.15. The van der Waals surface area contributed by atoms with E-state index in [-0.39, 0.29) is 18.4 Å². The summed E-state index contributed by atoms with van der Waals surface area (Å²) in [6, 6.07) is 3.85. The lowest BCUT2D eigenvalue weighted by molar-refractivity contribution is -0.133. The molecule has 0 aliphatic carbocycles. The quantitative estimate of drug-likeness (QED) is 0.887. The maximum absolute atomic E-state index is 12.0. The summed E-state index contributed by atoms with van der Waals surface area (Å²) in [6.45, 7) is 3.61. The fourth-order valence-electron chi connectivity index (χ4n) is 2.45. The van der Waals surface area contributed by atoms with Gasteiger partial charge in [-0.25, -0.2) is 0 Å². The van der Waals surface area contributed by atoms with E-state index in [0.29, 0.717) is 19.4 Å². The van der Waals surface area contributed by atoms with E-state index in [1.54, 1.807) is 0 Å². The van der Waals surface area contributed by atoms with Crippen molar-refractivity contribution in [1.82, 2.24) is 4.90 Å². The van der Waals surface area contributed by atoms with Crippen LogP contribution in [0.5, 0.6) is 0 Å². The van der Waals surface area contributed by atoms with E-state index in [9.17, 15) is 4.79 Å². The van der Waals surface area contributed by atoms with Crippen molar-refractivity contribution < 1.29 is 14.3 Å². The fourth-order valence-corrected chi connectivity index (χ4v) is 2.45. The Kier molecular flexibility index (Phi) is 4.42. The molecule has 1 aromatic heterocycles. The van der Waals surface area contributed by atoms with Crippen molar-refractivity contribution in [2.75, 3.05) is 19.7 Å². The van der Waals surface area contributed by atoms with Gasteiger partial charge in [-0.3, -0.25) is 4.79 Å². The van der Waals surface area contributed by atoms with Gasteiger partial charge in [-0.15, -0.1) is 0 Å². The number of aliphatic hydroxyl groups is 1. The molecule has 0 unspecified atom stereocenters. The first kappa shape index (κ1) is 13.1. The van der Waals surface area contributed by atoms with E-state index < -0.39 is 0 Å². The summed E-state index contributed by atoms with van der Waals surface area (Å²) < 4.78 is 5.45. The van der Waals surface area contributed by atoms with Crippen molar-refractivity contribution in [2.45, 2.75) is 32.6 Å². The van der Waals surface area contributed by atoms with Gasteiger partial charge in [0.25, 0.3) is 0 Å². The second-order valence-corrected chi connectivity index (χ2v) is 5.04. The van der Waals surface area contributed by atoms with E-state index in [1.165, 1.54) is 0 Å². The van der Waals surface area contributed by atoms with Crippen LogP contribution in [0.15, 0.2) is 16.5 Å². The van der Waals surface area contributed by atoms with Gasteiger partial charge in [-0.2, -0.15) is 0 Å². The summed E-state index contributed by atoms with van der Waals surface area (Å²) in [7, 11) is 0. The molecule has 4 heteroatoms. The zero-order valence-corrected chi connectivity index (χ0v) is 10.9. The zero-order valence-electron chi connectivity index (χ0n) is 10.9. The summed E-state index contributed by atoms with van der Waals surface area (Å²) in [5.41, 5.74) is 0. The van der Waals surface area contributed by atoms with Gasteiger partial charge in [-0.05, 0) is 37.8 Å². The molecule has 2 rings (SSSR count). The van der Waals surface area contributed by atoms with Gasteiger partial charge in [-0.1, -0.05) is 0 Å². The summed E-state index contributed by atoms with van der Waals surface area (Å²) in [6.07, 6.45) is 3.17. The zero-order chi connectivity index (χ0) is 13.0. The molecule has 1 N–H and O–H groups in total. The van der Waals surface area contributed by atoms with Crippen molar-refractivity contribution in [2.24, 2.45) is 5.92 Å². The predicted octanol–water partition coefficient (Wildman–Crippen LogP) is 1.75. The Balaban J connectivity index is 1.80. The standard InChI is InChI=1S/C14H21NO3/c1-11-4-5-13(18-11)6-7-14(17)15-8-2-3-12(9-15)10-16/h4-5,12,16H,2-3,6-10H2,1H3/t12-/m1/s1. The first-order valence-corrected chi connectivity index (χ1v) is 6.63. The minimum Gasteiger partial charge on any atom is -0.466 e. The number of amides is 1. The molecule has 4 nitrogen and oxygen atoms in total. The van der Waals surface area contributed by atoms with E-state index in [2.05, 4.69) is 0 Å². The van der Waals surface area contributed by atoms with Crippen LogP contribution in [0, 0.1) is 12.8 Å². The number of nitrogens with zero attached hydrogens (tertiary/aromatic N) is 1. The normalized spacial score (nSPS) is 20.1. The molecule has 1 atom stereocenters. The third-order valence-corrected chi connectivity index (χ3v) is 3.51. The monoisotopic (exact) mass is 251 g/mol. The summed E-state index contributed by atoms with van der Waals surface area (Å²) in [4.78, 5) is 13.9. The number of carbonyl (C=O) groups is 1. The highest BCUT2D eigenvalue weighted by molar-refractivity contribution is 5.76. The van der Waals surface area contributed by atoms with Gasteiger partial charge < -0.3 is 14.4 Å². The second-order valence-electron chi connectivity index (χ2n) is 5.04. The van der Waals surface area contributed by atoms with Crippen molar-refractivity contribution in [3.05, 3.63) is 23.7 Å². The van der Waals surface area contributed by atoms with Crippen LogP contribution in [0.2, 0.25) is 0 Å². The summed E-state index contributed by atoms with van der Waals surface area (Å²) in [5.74, 6) is 2.18. The Morgan fingerprint density at radius 3 is 3.06 bits per heavy atom. The van der Waals surface area contributed by atoms with Gasteiger partial charge in [0, 0.05) is 32.5 Å². The largest absolute Gasteiger partial charge is 0.466 e. The lowest BCUT2D eigenvalue weighted by Gasteiger charge is -2.31. The van der Waals surface area contributed by atoms with E-state index >= 15 is 0 Å². The molecule has 0 saturated carbocycles. The van der Waals surface area contributed by atoms with Crippen molar-refractivity contribution in [1.29, 1.82) is 0 Å². The highest BCUT2D eigenvalue weighted by Crippen LogP contribution is 2.17. The number of piperidine rings is 1. The van der Waals surface area contributed by atoms with Crippen molar-refractivity contribution in [3.8, 4) is 0 Å². The van der Waals surface area contributed by atoms with E-state index in [4.69, 9.17) is 9.52 Å². The van der Waals surface area contributed by atoms with Crippen LogP contribution < -0.4 is 0 Å². The van der Waals surface area contributed by atoms with Crippen LogP contribution in [-0.2, 0) is 11.2 Å². The Morgan fingerprint density at radius 1 is 1.56 bits per heavy atom. The first-order chi connectivity index (χ1) is 8.69. The van der Waals surface area contributed by atoms with Gasteiger partial charge in [0.1, 0.15) is 11.5 Å². The topological polar surface area (TPSA) is 53.7 Å². The van der Waals surface area contributed by atoms with Crippen LogP contribution in [0.25, 0.3) is 0 Å². The molecule has 0 spiro atoms. The smallest absolute Gasteiger partial charge is 0.223 e. The molecule has 1 amide bonds. The SMILES string of the molecule is Cc1ccc(CCC(=O)N2CCC[C@@H](CO)C2)o1. The number of aryl methyl sites for hydroxylation is 2. The fraction of sp³-hybridized carbons (Fsp3) is 0.643. The van der Waals surface area contributed by atoms with Gasteiger partial charge in [0.05, 0.1) is 0 Å². The van der Waals surface area contributed by atoms with Crippen molar-refractivity contribution >= 4 is 5.91 Å². The molecule has 2 heterocycles. The maximum Gasteiger partial charge on any atom is 0.223 e. The van der Waals surface area contributed by atoms with E-state index in [0.717, 1.165) is 30.9 Å². The van der Waals surface area contributed by atoms with Crippen LogP contribution in [-0.4, -0.2) is 35.6 Å². The number of carbonyl (C=O) groups excluding carboxylic acids is 1. The number of rotatable bonds is 4.